The number of aliphatic carboxylic acids is 1. The smallest absolute Gasteiger partial charge is 0.303 e. The molecule has 1 fully saturated rings. The number of hydrogen-bond acceptors (Lipinski definition) is 3. The van der Waals surface area contributed by atoms with Crippen LogP contribution in [0, 0.1) is 5.92 Å². The number of methoxy groups -OCH3 is 1. The normalized spacial score (nSPS) is 17.5. The van der Waals surface area contributed by atoms with Crippen LogP contribution in [-0.2, 0) is 16.0 Å². The van der Waals surface area contributed by atoms with Crippen molar-refractivity contribution in [1.29, 1.82) is 0 Å². The number of aryl methyl sites for hydroxylation is 1. The fourth-order valence-electron chi connectivity index (χ4n) is 3.25. The van der Waals surface area contributed by atoms with Gasteiger partial charge in [0.1, 0.15) is 5.75 Å². The van der Waals surface area contributed by atoms with E-state index in [2.05, 4.69) is 0 Å². The number of rotatable bonds is 8. The number of piperidine rings is 1. The van der Waals surface area contributed by atoms with Crippen LogP contribution in [0.1, 0.15) is 44.1 Å². The first-order valence-corrected chi connectivity index (χ1v) is 8.71. The highest BCUT2D eigenvalue weighted by atomic mass is 16.5. The quantitative estimate of drug-likeness (QED) is 0.794. The van der Waals surface area contributed by atoms with Crippen LogP contribution in [0.4, 0.5) is 0 Å². The van der Waals surface area contributed by atoms with Crippen LogP contribution in [0.15, 0.2) is 24.3 Å². The van der Waals surface area contributed by atoms with Crippen LogP contribution < -0.4 is 4.74 Å². The molecule has 1 N–H and O–H groups in total. The Bertz CT molecular complexity index is 541. The highest BCUT2D eigenvalue weighted by Crippen LogP contribution is 2.22. The number of carbonyl (C=O) groups is 2. The third-order valence-corrected chi connectivity index (χ3v) is 4.65. The molecule has 0 spiro atoms. The number of nitrogens with zero attached hydrogens (tertiary/aromatic N) is 1. The van der Waals surface area contributed by atoms with Gasteiger partial charge in [0.05, 0.1) is 7.11 Å². The lowest BCUT2D eigenvalue weighted by Crippen LogP contribution is -2.40. The molecule has 0 saturated carbocycles. The third kappa shape index (κ3) is 5.87. The van der Waals surface area contributed by atoms with E-state index in [1.54, 1.807) is 7.11 Å². The number of hydrogen-bond donors (Lipinski definition) is 1. The van der Waals surface area contributed by atoms with Gasteiger partial charge >= 0.3 is 5.97 Å². The summed E-state index contributed by atoms with van der Waals surface area (Å²) in [7, 11) is 1.65. The van der Waals surface area contributed by atoms with Gasteiger partial charge in [-0.05, 0) is 55.7 Å². The van der Waals surface area contributed by atoms with Crippen LogP contribution in [0.5, 0.6) is 5.75 Å². The molecule has 1 amide bonds. The molecule has 1 aliphatic rings. The largest absolute Gasteiger partial charge is 0.497 e. The van der Waals surface area contributed by atoms with Gasteiger partial charge in [-0.2, -0.15) is 0 Å². The molecule has 1 aromatic carbocycles. The van der Waals surface area contributed by atoms with Crippen LogP contribution >= 0.6 is 0 Å². The first-order chi connectivity index (χ1) is 11.6. The van der Waals surface area contributed by atoms with Gasteiger partial charge in [0, 0.05) is 25.9 Å². The Kier molecular flexibility index (Phi) is 7.09. The molecule has 1 unspecified atom stereocenters. The fourth-order valence-corrected chi connectivity index (χ4v) is 3.25. The second kappa shape index (κ2) is 9.30. The highest BCUT2D eigenvalue weighted by molar-refractivity contribution is 5.76. The number of amides is 1. The van der Waals surface area contributed by atoms with Crippen molar-refractivity contribution in [1.82, 2.24) is 4.90 Å². The number of carboxylic acids is 1. The van der Waals surface area contributed by atoms with Crippen LogP contribution in [-0.4, -0.2) is 42.1 Å². The summed E-state index contributed by atoms with van der Waals surface area (Å²) in [6.45, 7) is 1.53. The third-order valence-electron chi connectivity index (χ3n) is 4.65. The van der Waals surface area contributed by atoms with Crippen molar-refractivity contribution in [2.24, 2.45) is 5.92 Å². The van der Waals surface area contributed by atoms with E-state index in [-0.39, 0.29) is 12.3 Å². The summed E-state index contributed by atoms with van der Waals surface area (Å²) in [5.41, 5.74) is 1.21. The first-order valence-electron chi connectivity index (χ1n) is 8.71. The SMILES string of the molecule is COc1ccc(CCCC(=O)N2CCCC(CCC(=O)O)C2)cc1. The zero-order valence-corrected chi connectivity index (χ0v) is 14.4. The van der Waals surface area contributed by atoms with E-state index in [0.29, 0.717) is 25.3 Å². The van der Waals surface area contributed by atoms with E-state index in [4.69, 9.17) is 9.84 Å². The van der Waals surface area contributed by atoms with Crippen molar-refractivity contribution in [3.05, 3.63) is 29.8 Å². The van der Waals surface area contributed by atoms with Crippen molar-refractivity contribution in [2.75, 3.05) is 20.2 Å². The van der Waals surface area contributed by atoms with Crippen molar-refractivity contribution < 1.29 is 19.4 Å². The van der Waals surface area contributed by atoms with Crippen LogP contribution in [0.2, 0.25) is 0 Å². The summed E-state index contributed by atoms with van der Waals surface area (Å²) in [6, 6.07) is 7.95. The number of likely N-dealkylation sites (tertiary alicyclic amines) is 1. The molecular weight excluding hydrogens is 306 g/mol. The minimum absolute atomic E-state index is 0.198. The van der Waals surface area contributed by atoms with Gasteiger partial charge in [0.25, 0.3) is 0 Å². The number of carbonyl (C=O) groups excluding carboxylic acids is 1. The van der Waals surface area contributed by atoms with Crippen molar-refractivity contribution in [3.63, 3.8) is 0 Å². The molecule has 24 heavy (non-hydrogen) atoms. The van der Waals surface area contributed by atoms with Gasteiger partial charge in [0.15, 0.2) is 0 Å². The van der Waals surface area contributed by atoms with E-state index in [9.17, 15) is 9.59 Å². The molecular formula is C19H27NO4. The monoisotopic (exact) mass is 333 g/mol. The molecule has 1 aliphatic heterocycles. The Hall–Kier alpha value is -2.04. The van der Waals surface area contributed by atoms with E-state index in [1.807, 2.05) is 29.2 Å². The van der Waals surface area contributed by atoms with Crippen molar-refractivity contribution >= 4 is 11.9 Å². The molecule has 5 heteroatoms. The average Bonchev–Trinajstić information content (AvgIpc) is 2.60. The summed E-state index contributed by atoms with van der Waals surface area (Å²) < 4.78 is 5.14. The Morgan fingerprint density at radius 2 is 2.00 bits per heavy atom. The van der Waals surface area contributed by atoms with Gasteiger partial charge in [-0.3, -0.25) is 9.59 Å². The highest BCUT2D eigenvalue weighted by Gasteiger charge is 2.23. The van der Waals surface area contributed by atoms with Gasteiger partial charge < -0.3 is 14.7 Å². The summed E-state index contributed by atoms with van der Waals surface area (Å²) in [5.74, 6) is 0.623. The van der Waals surface area contributed by atoms with Crippen LogP contribution in [0.3, 0.4) is 0 Å². The molecule has 2 rings (SSSR count). The summed E-state index contributed by atoms with van der Waals surface area (Å²) in [4.78, 5) is 25.0. The van der Waals surface area contributed by atoms with Crippen molar-refractivity contribution in [2.45, 2.75) is 44.9 Å². The molecule has 1 heterocycles. The lowest BCUT2D eigenvalue weighted by atomic mass is 9.93. The number of benzene rings is 1. The molecule has 0 bridgehead atoms. The molecule has 1 atom stereocenters. The minimum atomic E-state index is -0.752. The van der Waals surface area contributed by atoms with E-state index in [0.717, 1.165) is 38.0 Å². The standard InChI is InChI=1S/C19H27NO4/c1-24-17-10-7-15(8-11-17)4-2-6-18(21)20-13-3-5-16(14-20)9-12-19(22)23/h7-8,10-11,16H,2-6,9,12-14H2,1H3,(H,22,23). The summed E-state index contributed by atoms with van der Waals surface area (Å²) in [6.07, 6.45) is 5.15. The predicted octanol–water partition coefficient (Wildman–Crippen LogP) is 3.12. The molecule has 0 aliphatic carbocycles. The van der Waals surface area contributed by atoms with Gasteiger partial charge in [-0.25, -0.2) is 0 Å². The second-order valence-electron chi connectivity index (χ2n) is 6.48. The maximum absolute atomic E-state index is 12.4. The molecule has 0 radical (unpaired) electrons. The summed E-state index contributed by atoms with van der Waals surface area (Å²) >= 11 is 0. The Balaban J connectivity index is 1.72. The predicted molar refractivity (Wildman–Crippen MR) is 92.1 cm³/mol. The zero-order valence-electron chi connectivity index (χ0n) is 14.4. The maximum atomic E-state index is 12.4. The lowest BCUT2D eigenvalue weighted by Gasteiger charge is -2.32. The Labute approximate surface area is 143 Å². The number of carboxylic acid groups (broad SMARTS) is 1. The first kappa shape index (κ1) is 18.3. The zero-order chi connectivity index (χ0) is 17.4. The van der Waals surface area contributed by atoms with E-state index >= 15 is 0 Å². The topological polar surface area (TPSA) is 66.8 Å². The molecule has 1 aromatic rings. The molecule has 5 nitrogen and oxygen atoms in total. The molecule has 1 saturated heterocycles. The molecule has 0 aromatic heterocycles. The lowest BCUT2D eigenvalue weighted by molar-refractivity contribution is -0.137. The van der Waals surface area contributed by atoms with Gasteiger partial charge in [0.2, 0.25) is 5.91 Å². The van der Waals surface area contributed by atoms with E-state index in [1.165, 1.54) is 5.56 Å². The maximum Gasteiger partial charge on any atom is 0.303 e. The van der Waals surface area contributed by atoms with Crippen LogP contribution in [0.25, 0.3) is 0 Å². The second-order valence-corrected chi connectivity index (χ2v) is 6.48. The Morgan fingerprint density at radius 3 is 2.67 bits per heavy atom. The molecule has 132 valence electrons. The van der Waals surface area contributed by atoms with E-state index < -0.39 is 5.97 Å². The average molecular weight is 333 g/mol. The fraction of sp³-hybridized carbons (Fsp3) is 0.579. The summed E-state index contributed by atoms with van der Waals surface area (Å²) in [5, 5.41) is 8.79. The van der Waals surface area contributed by atoms with Gasteiger partial charge in [-0.1, -0.05) is 12.1 Å². The minimum Gasteiger partial charge on any atom is -0.497 e. The van der Waals surface area contributed by atoms with Gasteiger partial charge in [-0.15, -0.1) is 0 Å². The number of ether oxygens (including phenoxy) is 1. The van der Waals surface area contributed by atoms with Crippen molar-refractivity contribution in [3.8, 4) is 5.75 Å². The Morgan fingerprint density at radius 1 is 1.25 bits per heavy atom.